The Morgan fingerprint density at radius 1 is 1.15 bits per heavy atom. The van der Waals surface area contributed by atoms with Gasteiger partial charge in [0.25, 0.3) is 0 Å². The summed E-state index contributed by atoms with van der Waals surface area (Å²) < 4.78 is 25.5. The molecule has 1 aromatic rings. The second-order valence-corrected chi connectivity index (χ2v) is 7.87. The highest BCUT2D eigenvalue weighted by molar-refractivity contribution is 7.89. The van der Waals surface area contributed by atoms with Crippen LogP contribution in [0.15, 0.2) is 29.2 Å². The van der Waals surface area contributed by atoms with Crippen molar-refractivity contribution >= 4 is 15.7 Å². The molecule has 0 aliphatic carbocycles. The van der Waals surface area contributed by atoms with E-state index in [1.807, 2.05) is 0 Å². The van der Waals surface area contributed by atoms with Gasteiger partial charge < -0.3 is 10.2 Å². The van der Waals surface area contributed by atoms with E-state index in [4.69, 9.17) is 0 Å². The standard InChI is InChI=1S/C14H25N3O2S/c1-14(2,11-17(4)5)10-16-12-6-8-13(9-7-12)20(18,19)15-3/h6-9,15-16H,10-11H2,1-5H3. The molecular formula is C14H25N3O2S. The van der Waals surface area contributed by atoms with Gasteiger partial charge in [-0.25, -0.2) is 13.1 Å². The van der Waals surface area contributed by atoms with Gasteiger partial charge in [-0.2, -0.15) is 0 Å². The van der Waals surface area contributed by atoms with E-state index in [1.165, 1.54) is 7.05 Å². The molecule has 0 bridgehead atoms. The Bertz CT molecular complexity index is 522. The van der Waals surface area contributed by atoms with Gasteiger partial charge in [-0.15, -0.1) is 0 Å². The summed E-state index contributed by atoms with van der Waals surface area (Å²) >= 11 is 0. The van der Waals surface area contributed by atoms with Crippen LogP contribution in [0, 0.1) is 5.41 Å². The highest BCUT2D eigenvalue weighted by Crippen LogP contribution is 2.19. The summed E-state index contributed by atoms with van der Waals surface area (Å²) in [5.41, 5.74) is 1.06. The van der Waals surface area contributed by atoms with Gasteiger partial charge in [0.2, 0.25) is 10.0 Å². The van der Waals surface area contributed by atoms with E-state index in [1.54, 1.807) is 24.3 Å². The van der Waals surface area contributed by atoms with E-state index in [-0.39, 0.29) is 10.3 Å². The predicted molar refractivity (Wildman–Crippen MR) is 83.5 cm³/mol. The van der Waals surface area contributed by atoms with Crippen LogP contribution in [0.2, 0.25) is 0 Å². The minimum absolute atomic E-state index is 0.138. The molecular weight excluding hydrogens is 274 g/mol. The van der Waals surface area contributed by atoms with Crippen LogP contribution in [-0.4, -0.2) is 47.6 Å². The van der Waals surface area contributed by atoms with Crippen molar-refractivity contribution in [2.45, 2.75) is 18.7 Å². The Morgan fingerprint density at radius 3 is 2.15 bits per heavy atom. The van der Waals surface area contributed by atoms with Crippen LogP contribution in [0.1, 0.15) is 13.8 Å². The molecule has 0 aliphatic heterocycles. The van der Waals surface area contributed by atoms with Crippen LogP contribution in [0.5, 0.6) is 0 Å². The van der Waals surface area contributed by atoms with Crippen molar-refractivity contribution in [3.05, 3.63) is 24.3 Å². The minimum atomic E-state index is -3.36. The molecule has 0 fully saturated rings. The molecule has 0 unspecified atom stereocenters. The summed E-state index contributed by atoms with van der Waals surface area (Å²) in [6.07, 6.45) is 0. The number of sulfonamides is 1. The third-order valence-corrected chi connectivity index (χ3v) is 4.38. The van der Waals surface area contributed by atoms with Crippen molar-refractivity contribution in [1.29, 1.82) is 0 Å². The lowest BCUT2D eigenvalue weighted by Crippen LogP contribution is -2.34. The maximum Gasteiger partial charge on any atom is 0.240 e. The monoisotopic (exact) mass is 299 g/mol. The summed E-state index contributed by atoms with van der Waals surface area (Å²) in [6, 6.07) is 6.78. The van der Waals surface area contributed by atoms with Crippen LogP contribution in [0.3, 0.4) is 0 Å². The molecule has 0 saturated carbocycles. The number of nitrogens with one attached hydrogen (secondary N) is 2. The molecule has 0 atom stereocenters. The lowest BCUT2D eigenvalue weighted by atomic mass is 9.93. The summed E-state index contributed by atoms with van der Waals surface area (Å²) in [4.78, 5) is 2.43. The first-order valence-electron chi connectivity index (χ1n) is 6.58. The molecule has 0 heterocycles. The third-order valence-electron chi connectivity index (χ3n) is 2.95. The highest BCUT2D eigenvalue weighted by atomic mass is 32.2. The fourth-order valence-corrected chi connectivity index (χ4v) is 2.85. The largest absolute Gasteiger partial charge is 0.384 e. The number of hydrogen-bond acceptors (Lipinski definition) is 4. The van der Waals surface area contributed by atoms with E-state index < -0.39 is 10.0 Å². The molecule has 1 rings (SSSR count). The summed E-state index contributed by atoms with van der Waals surface area (Å²) in [5, 5.41) is 3.35. The third kappa shape index (κ3) is 5.11. The van der Waals surface area contributed by atoms with E-state index in [9.17, 15) is 8.42 Å². The Labute approximate surface area is 122 Å². The Morgan fingerprint density at radius 2 is 1.70 bits per heavy atom. The van der Waals surface area contributed by atoms with Crippen molar-refractivity contribution in [3.8, 4) is 0 Å². The Kier molecular flexibility index (Phi) is 5.56. The predicted octanol–water partition coefficient (Wildman–Crippen LogP) is 1.59. The zero-order chi connectivity index (χ0) is 15.4. The molecule has 1 aromatic carbocycles. The van der Waals surface area contributed by atoms with E-state index in [0.29, 0.717) is 0 Å². The van der Waals surface area contributed by atoms with Gasteiger partial charge in [-0.1, -0.05) is 13.8 Å². The quantitative estimate of drug-likeness (QED) is 0.803. The molecule has 0 radical (unpaired) electrons. The van der Waals surface area contributed by atoms with E-state index in [2.05, 4.69) is 42.9 Å². The first-order chi connectivity index (χ1) is 9.16. The van der Waals surface area contributed by atoms with Crippen LogP contribution in [0.25, 0.3) is 0 Å². The number of anilines is 1. The first-order valence-corrected chi connectivity index (χ1v) is 8.07. The van der Waals surface area contributed by atoms with Crippen molar-refractivity contribution in [1.82, 2.24) is 9.62 Å². The molecule has 0 saturated heterocycles. The van der Waals surface area contributed by atoms with Gasteiger partial charge in [0.05, 0.1) is 4.90 Å². The Balaban J connectivity index is 2.67. The van der Waals surface area contributed by atoms with Crippen molar-refractivity contribution in [3.63, 3.8) is 0 Å². The van der Waals surface area contributed by atoms with Crippen molar-refractivity contribution < 1.29 is 8.42 Å². The normalized spacial score (nSPS) is 12.7. The van der Waals surface area contributed by atoms with Crippen molar-refractivity contribution in [2.75, 3.05) is 39.5 Å². The molecule has 2 N–H and O–H groups in total. The van der Waals surface area contributed by atoms with E-state index >= 15 is 0 Å². The first kappa shape index (κ1) is 16.9. The topological polar surface area (TPSA) is 61.4 Å². The van der Waals surface area contributed by atoms with Gasteiger partial charge in [0.1, 0.15) is 0 Å². The SMILES string of the molecule is CNS(=O)(=O)c1ccc(NCC(C)(C)CN(C)C)cc1. The lowest BCUT2D eigenvalue weighted by Gasteiger charge is -2.28. The zero-order valence-electron chi connectivity index (χ0n) is 12.9. The van der Waals surface area contributed by atoms with Crippen molar-refractivity contribution in [2.24, 2.45) is 5.41 Å². The molecule has 6 heteroatoms. The summed E-state index contributed by atoms with van der Waals surface area (Å²) in [7, 11) is 2.16. The number of rotatable bonds is 7. The maximum atomic E-state index is 11.6. The van der Waals surface area contributed by atoms with Crippen LogP contribution < -0.4 is 10.0 Å². The summed E-state index contributed by atoms with van der Waals surface area (Å²) in [6.45, 7) is 6.19. The molecule has 0 amide bonds. The maximum absolute atomic E-state index is 11.6. The molecule has 0 aliphatic rings. The zero-order valence-corrected chi connectivity index (χ0v) is 13.7. The number of benzene rings is 1. The molecule has 5 nitrogen and oxygen atoms in total. The minimum Gasteiger partial charge on any atom is -0.384 e. The number of nitrogens with zero attached hydrogens (tertiary/aromatic N) is 1. The second-order valence-electron chi connectivity index (χ2n) is 5.99. The fourth-order valence-electron chi connectivity index (χ4n) is 2.12. The van der Waals surface area contributed by atoms with Crippen LogP contribution >= 0.6 is 0 Å². The van der Waals surface area contributed by atoms with Gasteiger partial charge in [-0.05, 0) is 50.8 Å². The van der Waals surface area contributed by atoms with Gasteiger partial charge in [0, 0.05) is 18.8 Å². The van der Waals surface area contributed by atoms with Gasteiger partial charge >= 0.3 is 0 Å². The number of hydrogen-bond donors (Lipinski definition) is 2. The average Bonchev–Trinajstić information content (AvgIpc) is 2.35. The van der Waals surface area contributed by atoms with Gasteiger partial charge in [0.15, 0.2) is 0 Å². The molecule has 0 aromatic heterocycles. The van der Waals surface area contributed by atoms with Gasteiger partial charge in [-0.3, -0.25) is 0 Å². The summed E-state index contributed by atoms with van der Waals surface area (Å²) in [5.74, 6) is 0. The Hall–Kier alpha value is -1.11. The van der Waals surface area contributed by atoms with E-state index in [0.717, 1.165) is 18.8 Å². The fraction of sp³-hybridized carbons (Fsp3) is 0.571. The average molecular weight is 299 g/mol. The van der Waals surface area contributed by atoms with Crippen LogP contribution in [-0.2, 0) is 10.0 Å². The molecule has 114 valence electrons. The second kappa shape index (κ2) is 6.56. The smallest absolute Gasteiger partial charge is 0.240 e. The van der Waals surface area contributed by atoms with Crippen LogP contribution in [0.4, 0.5) is 5.69 Å². The molecule has 0 spiro atoms. The molecule has 20 heavy (non-hydrogen) atoms. The highest BCUT2D eigenvalue weighted by Gasteiger charge is 2.18. The lowest BCUT2D eigenvalue weighted by molar-refractivity contribution is 0.254.